The summed E-state index contributed by atoms with van der Waals surface area (Å²) in [7, 11) is 0. The average molecular weight is 342 g/mol. The van der Waals surface area contributed by atoms with Crippen molar-refractivity contribution in [3.63, 3.8) is 0 Å². The highest BCUT2D eigenvalue weighted by Crippen LogP contribution is 2.42. The van der Waals surface area contributed by atoms with E-state index in [0.717, 1.165) is 0 Å². The summed E-state index contributed by atoms with van der Waals surface area (Å²) in [6.07, 6.45) is 1.49. The van der Waals surface area contributed by atoms with Gasteiger partial charge in [0, 0.05) is 6.08 Å². The zero-order valence-electron chi connectivity index (χ0n) is 14.8. The molecule has 0 bridgehead atoms. The third kappa shape index (κ3) is 3.65. The third-order valence-corrected chi connectivity index (χ3v) is 4.23. The first-order valence-corrected chi connectivity index (χ1v) is 8.38. The molecule has 136 valence electrons. The van der Waals surface area contributed by atoms with Crippen LogP contribution in [0.4, 0.5) is 0 Å². The predicted octanol–water partition coefficient (Wildman–Crippen LogP) is 1.54. The minimum Gasteiger partial charge on any atom is -0.463 e. The minimum atomic E-state index is -0.706. The summed E-state index contributed by atoms with van der Waals surface area (Å²) in [5, 5.41) is 0. The van der Waals surface area contributed by atoms with Gasteiger partial charge in [0.1, 0.15) is 30.5 Å². The lowest BCUT2D eigenvalue weighted by molar-refractivity contribution is -0.201. The molecule has 0 amide bonds. The van der Waals surface area contributed by atoms with Crippen molar-refractivity contribution in [2.24, 2.45) is 0 Å². The smallest absolute Gasteiger partial charge is 0.330 e. The second-order valence-electron chi connectivity index (χ2n) is 7.11. The van der Waals surface area contributed by atoms with Crippen LogP contribution < -0.4 is 0 Å². The van der Waals surface area contributed by atoms with Crippen LogP contribution in [0.5, 0.6) is 0 Å². The van der Waals surface area contributed by atoms with E-state index < -0.39 is 23.6 Å². The maximum absolute atomic E-state index is 11.6. The van der Waals surface area contributed by atoms with Crippen molar-refractivity contribution in [3.05, 3.63) is 12.2 Å². The molecule has 0 aromatic rings. The van der Waals surface area contributed by atoms with Crippen molar-refractivity contribution in [3.8, 4) is 0 Å². The molecule has 7 nitrogen and oxygen atoms in total. The van der Waals surface area contributed by atoms with Gasteiger partial charge in [-0.1, -0.05) is 0 Å². The van der Waals surface area contributed by atoms with Crippen LogP contribution in [0, 0.1) is 0 Å². The lowest BCUT2D eigenvalue weighted by atomic mass is 10.0. The highest BCUT2D eigenvalue weighted by atomic mass is 16.8. The van der Waals surface area contributed by atoms with Gasteiger partial charge in [-0.2, -0.15) is 0 Å². The molecule has 0 spiro atoms. The monoisotopic (exact) mass is 342 g/mol. The quantitative estimate of drug-likeness (QED) is 0.567. The van der Waals surface area contributed by atoms with Gasteiger partial charge >= 0.3 is 5.97 Å². The molecule has 7 heteroatoms. The Morgan fingerprint density at radius 1 is 1.08 bits per heavy atom. The van der Waals surface area contributed by atoms with Crippen LogP contribution >= 0.6 is 0 Å². The van der Waals surface area contributed by atoms with Crippen molar-refractivity contribution in [2.45, 2.75) is 76.7 Å². The predicted molar refractivity (Wildman–Crippen MR) is 83.2 cm³/mol. The second-order valence-corrected chi connectivity index (χ2v) is 7.11. The Morgan fingerprint density at radius 2 is 1.79 bits per heavy atom. The van der Waals surface area contributed by atoms with Gasteiger partial charge in [0.05, 0.1) is 13.2 Å². The molecule has 3 rings (SSSR count). The van der Waals surface area contributed by atoms with Crippen molar-refractivity contribution in [1.82, 2.24) is 0 Å². The number of hydrogen-bond acceptors (Lipinski definition) is 7. The van der Waals surface area contributed by atoms with Crippen LogP contribution in [-0.4, -0.2) is 61.3 Å². The number of carbonyl (C=O) groups is 1. The van der Waals surface area contributed by atoms with Gasteiger partial charge in [0.25, 0.3) is 0 Å². The van der Waals surface area contributed by atoms with E-state index in [1.54, 1.807) is 13.0 Å². The minimum absolute atomic E-state index is 0.244. The summed E-state index contributed by atoms with van der Waals surface area (Å²) in [6.45, 7) is 9.99. The standard InChI is InChI=1S/C17H26O7/c1-6-19-12(18)8-7-10-14-15(24-17(4,5)23-14)13(21-10)11-9-20-16(2,3)22-11/h7-8,10-11,13-15H,6,9H2,1-5H3/b8-7+/t10-,11-,13-,14-,15+/m1/s1. The molecule has 0 aliphatic carbocycles. The molecule has 0 aromatic heterocycles. The molecule has 24 heavy (non-hydrogen) atoms. The largest absolute Gasteiger partial charge is 0.463 e. The number of carbonyl (C=O) groups excluding carboxylic acids is 1. The number of hydrogen-bond donors (Lipinski definition) is 0. The molecule has 3 saturated heterocycles. The topological polar surface area (TPSA) is 72.5 Å². The normalized spacial score (nSPS) is 40.1. The van der Waals surface area contributed by atoms with E-state index in [-0.39, 0.29) is 24.4 Å². The molecule has 0 saturated carbocycles. The number of fused-ring (bicyclic) bond motifs is 1. The maximum Gasteiger partial charge on any atom is 0.330 e. The Hall–Kier alpha value is -0.990. The second kappa shape index (κ2) is 6.38. The fourth-order valence-electron chi connectivity index (χ4n) is 3.36. The van der Waals surface area contributed by atoms with E-state index >= 15 is 0 Å². The van der Waals surface area contributed by atoms with Crippen LogP contribution in [0.25, 0.3) is 0 Å². The van der Waals surface area contributed by atoms with Crippen LogP contribution in [0.1, 0.15) is 34.6 Å². The van der Waals surface area contributed by atoms with Gasteiger partial charge in [0.2, 0.25) is 0 Å². The van der Waals surface area contributed by atoms with Crippen molar-refractivity contribution < 1.29 is 33.2 Å². The third-order valence-electron chi connectivity index (χ3n) is 4.23. The van der Waals surface area contributed by atoms with Gasteiger partial charge in [-0.3, -0.25) is 0 Å². The molecular weight excluding hydrogens is 316 g/mol. The van der Waals surface area contributed by atoms with Crippen LogP contribution in [0.2, 0.25) is 0 Å². The zero-order chi connectivity index (χ0) is 17.5. The first-order chi connectivity index (χ1) is 11.2. The van der Waals surface area contributed by atoms with Crippen LogP contribution in [0.15, 0.2) is 12.2 Å². The average Bonchev–Trinajstić information content (AvgIpc) is 3.07. The Morgan fingerprint density at radius 3 is 2.42 bits per heavy atom. The summed E-state index contributed by atoms with van der Waals surface area (Å²) in [6, 6.07) is 0. The van der Waals surface area contributed by atoms with Gasteiger partial charge in [0.15, 0.2) is 11.6 Å². The molecule has 3 heterocycles. The fourth-order valence-corrected chi connectivity index (χ4v) is 3.36. The van der Waals surface area contributed by atoms with Crippen molar-refractivity contribution in [2.75, 3.05) is 13.2 Å². The molecule has 0 aromatic carbocycles. The van der Waals surface area contributed by atoms with Crippen molar-refractivity contribution >= 4 is 5.97 Å². The van der Waals surface area contributed by atoms with E-state index in [2.05, 4.69) is 0 Å². The SMILES string of the molecule is CCOC(=O)/C=C/[C@H]1O[C@H]([C@H]2COC(C)(C)O2)[C@@H]2OC(C)(C)O[C@@H]21. The van der Waals surface area contributed by atoms with E-state index in [0.29, 0.717) is 13.2 Å². The Balaban J connectivity index is 1.74. The van der Waals surface area contributed by atoms with Crippen LogP contribution in [0.3, 0.4) is 0 Å². The summed E-state index contributed by atoms with van der Waals surface area (Å²) in [5.74, 6) is -1.75. The van der Waals surface area contributed by atoms with E-state index in [9.17, 15) is 4.79 Å². The van der Waals surface area contributed by atoms with E-state index in [4.69, 9.17) is 28.4 Å². The van der Waals surface area contributed by atoms with Gasteiger partial charge < -0.3 is 28.4 Å². The Labute approximate surface area is 142 Å². The molecule has 0 unspecified atom stereocenters. The van der Waals surface area contributed by atoms with E-state index in [1.807, 2.05) is 27.7 Å². The first kappa shape index (κ1) is 17.8. The molecular formula is C17H26O7. The summed E-state index contributed by atoms with van der Waals surface area (Å²) >= 11 is 0. The van der Waals surface area contributed by atoms with Gasteiger partial charge in [-0.15, -0.1) is 0 Å². The highest BCUT2D eigenvalue weighted by molar-refractivity contribution is 5.82. The molecule has 3 aliphatic rings. The molecule has 0 radical (unpaired) electrons. The van der Waals surface area contributed by atoms with Crippen LogP contribution in [-0.2, 0) is 33.2 Å². The molecule has 3 aliphatic heterocycles. The molecule has 3 fully saturated rings. The summed E-state index contributed by atoms with van der Waals surface area (Å²) in [4.78, 5) is 11.6. The lowest BCUT2D eigenvalue weighted by Gasteiger charge is -2.26. The number of ether oxygens (including phenoxy) is 6. The van der Waals surface area contributed by atoms with Crippen molar-refractivity contribution in [1.29, 1.82) is 0 Å². The van der Waals surface area contributed by atoms with Gasteiger partial charge in [-0.25, -0.2) is 4.79 Å². The zero-order valence-corrected chi connectivity index (χ0v) is 14.8. The Bertz CT molecular complexity index is 513. The molecule has 0 N–H and O–H groups in total. The summed E-state index contributed by atoms with van der Waals surface area (Å²) in [5.41, 5.74) is 0. The summed E-state index contributed by atoms with van der Waals surface area (Å²) < 4.78 is 34.5. The number of esters is 1. The number of rotatable bonds is 4. The Kier molecular flexibility index (Phi) is 4.74. The van der Waals surface area contributed by atoms with Gasteiger partial charge in [-0.05, 0) is 40.7 Å². The highest BCUT2D eigenvalue weighted by Gasteiger charge is 2.58. The first-order valence-electron chi connectivity index (χ1n) is 8.38. The van der Waals surface area contributed by atoms with E-state index in [1.165, 1.54) is 6.08 Å². The molecule has 5 atom stereocenters. The lowest BCUT2D eigenvalue weighted by Crippen LogP contribution is -2.40. The maximum atomic E-state index is 11.6. The fraction of sp³-hybridized carbons (Fsp3) is 0.824.